The molecule has 1 heterocycles. The molecule has 6 heteroatoms. The van der Waals surface area contributed by atoms with Gasteiger partial charge in [-0.25, -0.2) is 12.8 Å². The topological polar surface area (TPSA) is 37.4 Å². The average Bonchev–Trinajstić information content (AvgIpc) is 2.84. The van der Waals surface area contributed by atoms with Crippen molar-refractivity contribution in [2.75, 3.05) is 10.8 Å². The highest BCUT2D eigenvalue weighted by Crippen LogP contribution is 2.37. The van der Waals surface area contributed by atoms with Crippen LogP contribution in [0.1, 0.15) is 11.1 Å². The van der Waals surface area contributed by atoms with Crippen LogP contribution >= 0.6 is 15.9 Å². The van der Waals surface area contributed by atoms with E-state index in [-0.39, 0.29) is 9.37 Å². The van der Waals surface area contributed by atoms with Crippen LogP contribution in [0.4, 0.5) is 10.1 Å². The minimum absolute atomic E-state index is 0.0833. The molecular weight excluding hydrogens is 357 g/mol. The number of rotatable bonds is 2. The molecule has 0 spiro atoms. The zero-order chi connectivity index (χ0) is 15.2. The Morgan fingerprint density at radius 2 is 2.00 bits per heavy atom. The van der Waals surface area contributed by atoms with Crippen molar-refractivity contribution >= 4 is 31.6 Å². The lowest BCUT2D eigenvalue weighted by atomic mass is 10.1. The van der Waals surface area contributed by atoms with Crippen molar-refractivity contribution in [1.82, 2.24) is 0 Å². The lowest BCUT2D eigenvalue weighted by molar-refractivity contribution is 0.590. The van der Waals surface area contributed by atoms with Crippen LogP contribution in [0.3, 0.4) is 0 Å². The number of sulfonamides is 1. The fourth-order valence-electron chi connectivity index (χ4n) is 2.66. The molecule has 1 aliphatic heterocycles. The van der Waals surface area contributed by atoms with Gasteiger partial charge in [-0.3, -0.25) is 4.31 Å². The van der Waals surface area contributed by atoms with Crippen molar-refractivity contribution in [3.8, 4) is 0 Å². The highest BCUT2D eigenvalue weighted by Gasteiger charge is 2.33. The summed E-state index contributed by atoms with van der Waals surface area (Å²) in [6.07, 6.45) is 0.690. The van der Waals surface area contributed by atoms with Crippen LogP contribution in [-0.2, 0) is 16.4 Å². The molecule has 0 aliphatic carbocycles. The number of benzene rings is 2. The Bertz CT molecular complexity index is 820. The molecule has 0 unspecified atom stereocenters. The van der Waals surface area contributed by atoms with E-state index in [1.54, 1.807) is 0 Å². The number of halogens is 2. The van der Waals surface area contributed by atoms with E-state index in [0.717, 1.165) is 22.9 Å². The van der Waals surface area contributed by atoms with Crippen molar-refractivity contribution in [2.45, 2.75) is 18.2 Å². The van der Waals surface area contributed by atoms with E-state index in [2.05, 4.69) is 15.9 Å². The lowest BCUT2D eigenvalue weighted by Gasteiger charge is -2.22. The van der Waals surface area contributed by atoms with Gasteiger partial charge in [0, 0.05) is 11.0 Å². The second-order valence-electron chi connectivity index (χ2n) is 4.98. The SMILES string of the molecule is Cc1cccc2c1N(S(=O)(=O)c1ccc(F)cc1Br)CC2. The van der Waals surface area contributed by atoms with Crippen molar-refractivity contribution in [2.24, 2.45) is 0 Å². The van der Waals surface area contributed by atoms with Gasteiger partial charge in [0.15, 0.2) is 0 Å². The smallest absolute Gasteiger partial charge is 0.265 e. The standard InChI is InChI=1S/C15H13BrFNO2S/c1-10-3-2-4-11-7-8-18(15(10)11)21(19,20)14-6-5-12(17)9-13(14)16/h2-6,9H,7-8H2,1H3. The Morgan fingerprint density at radius 3 is 2.71 bits per heavy atom. The normalized spacial score (nSPS) is 14.3. The highest BCUT2D eigenvalue weighted by molar-refractivity contribution is 9.10. The molecule has 0 N–H and O–H groups in total. The summed E-state index contributed by atoms with van der Waals surface area (Å²) in [4.78, 5) is 0.0833. The molecule has 0 atom stereocenters. The number of hydrogen-bond acceptors (Lipinski definition) is 2. The maximum absolute atomic E-state index is 13.2. The van der Waals surface area contributed by atoms with Gasteiger partial charge in [-0.15, -0.1) is 0 Å². The molecule has 0 fully saturated rings. The highest BCUT2D eigenvalue weighted by atomic mass is 79.9. The molecule has 0 amide bonds. The van der Waals surface area contributed by atoms with Crippen LogP contribution in [-0.4, -0.2) is 15.0 Å². The Kier molecular flexibility index (Phi) is 3.53. The third-order valence-electron chi connectivity index (χ3n) is 3.62. The van der Waals surface area contributed by atoms with Crippen LogP contribution in [0.15, 0.2) is 45.8 Å². The fraction of sp³-hybridized carbons (Fsp3) is 0.200. The maximum atomic E-state index is 13.2. The molecule has 1 aliphatic rings. The molecule has 0 radical (unpaired) electrons. The van der Waals surface area contributed by atoms with Crippen molar-refractivity contribution < 1.29 is 12.8 Å². The van der Waals surface area contributed by atoms with E-state index in [4.69, 9.17) is 0 Å². The summed E-state index contributed by atoms with van der Waals surface area (Å²) in [7, 11) is -3.70. The summed E-state index contributed by atoms with van der Waals surface area (Å²) in [6, 6.07) is 9.39. The molecular formula is C15H13BrFNO2S. The number of nitrogens with zero attached hydrogens (tertiary/aromatic N) is 1. The number of para-hydroxylation sites is 1. The quantitative estimate of drug-likeness (QED) is 0.809. The Hall–Kier alpha value is -1.40. The minimum atomic E-state index is -3.70. The van der Waals surface area contributed by atoms with Gasteiger partial charge in [-0.05, 0) is 58.6 Å². The lowest BCUT2D eigenvalue weighted by Crippen LogP contribution is -2.29. The summed E-state index contributed by atoms with van der Waals surface area (Å²) in [5.74, 6) is -0.473. The van der Waals surface area contributed by atoms with Gasteiger partial charge in [0.1, 0.15) is 10.7 Å². The molecule has 21 heavy (non-hydrogen) atoms. The Labute approximate surface area is 131 Å². The van der Waals surface area contributed by atoms with Gasteiger partial charge in [0.2, 0.25) is 0 Å². The predicted octanol–water partition coefficient (Wildman–Crippen LogP) is 3.65. The second kappa shape index (κ2) is 5.10. The predicted molar refractivity (Wildman–Crippen MR) is 83.5 cm³/mol. The summed E-state index contributed by atoms with van der Waals surface area (Å²) in [5, 5.41) is 0. The van der Waals surface area contributed by atoms with Crippen LogP contribution < -0.4 is 4.31 Å². The first-order valence-corrected chi connectivity index (χ1v) is 8.71. The molecule has 0 aromatic heterocycles. The Balaban J connectivity index is 2.14. The van der Waals surface area contributed by atoms with Crippen molar-refractivity contribution in [3.63, 3.8) is 0 Å². The zero-order valence-electron chi connectivity index (χ0n) is 11.3. The molecule has 0 bridgehead atoms. The maximum Gasteiger partial charge on any atom is 0.265 e. The molecule has 0 saturated carbocycles. The summed E-state index contributed by atoms with van der Waals surface area (Å²) in [5.41, 5.74) is 2.69. The van der Waals surface area contributed by atoms with Gasteiger partial charge >= 0.3 is 0 Å². The van der Waals surface area contributed by atoms with Crippen LogP contribution in [0, 0.1) is 12.7 Å². The van der Waals surface area contributed by atoms with E-state index in [1.807, 2.05) is 25.1 Å². The zero-order valence-corrected chi connectivity index (χ0v) is 13.7. The third-order valence-corrected chi connectivity index (χ3v) is 6.39. The molecule has 2 aromatic rings. The fourth-order valence-corrected chi connectivity index (χ4v) is 5.24. The average molecular weight is 370 g/mol. The molecule has 0 saturated heterocycles. The molecule has 110 valence electrons. The second-order valence-corrected chi connectivity index (χ2v) is 7.67. The van der Waals surface area contributed by atoms with Gasteiger partial charge in [0.25, 0.3) is 10.0 Å². The van der Waals surface area contributed by atoms with Crippen molar-refractivity contribution in [1.29, 1.82) is 0 Å². The van der Waals surface area contributed by atoms with Crippen LogP contribution in [0.25, 0.3) is 0 Å². The van der Waals surface area contributed by atoms with Gasteiger partial charge < -0.3 is 0 Å². The first-order valence-electron chi connectivity index (χ1n) is 6.47. The van der Waals surface area contributed by atoms with E-state index in [1.165, 1.54) is 16.4 Å². The van der Waals surface area contributed by atoms with E-state index < -0.39 is 15.8 Å². The number of anilines is 1. The third kappa shape index (κ3) is 2.36. The van der Waals surface area contributed by atoms with Crippen LogP contribution in [0.5, 0.6) is 0 Å². The van der Waals surface area contributed by atoms with Gasteiger partial charge in [-0.2, -0.15) is 0 Å². The number of hydrogen-bond donors (Lipinski definition) is 0. The summed E-state index contributed by atoms with van der Waals surface area (Å²) >= 11 is 3.14. The molecule has 3 rings (SSSR count). The molecule has 2 aromatic carbocycles. The largest absolute Gasteiger partial charge is 0.265 e. The van der Waals surface area contributed by atoms with Gasteiger partial charge in [-0.1, -0.05) is 18.2 Å². The minimum Gasteiger partial charge on any atom is -0.265 e. The van der Waals surface area contributed by atoms with E-state index in [0.29, 0.717) is 13.0 Å². The van der Waals surface area contributed by atoms with Crippen LogP contribution in [0.2, 0.25) is 0 Å². The van der Waals surface area contributed by atoms with Crippen molar-refractivity contribution in [3.05, 3.63) is 57.8 Å². The van der Waals surface area contributed by atoms with Gasteiger partial charge in [0.05, 0.1) is 5.69 Å². The van der Waals surface area contributed by atoms with E-state index >= 15 is 0 Å². The Morgan fingerprint density at radius 1 is 1.24 bits per heavy atom. The first-order chi connectivity index (χ1) is 9.91. The summed E-state index contributed by atoms with van der Waals surface area (Å²) in [6.45, 7) is 2.30. The number of fused-ring (bicyclic) bond motifs is 1. The first kappa shape index (κ1) is 14.5. The number of aryl methyl sites for hydroxylation is 1. The van der Waals surface area contributed by atoms with E-state index in [9.17, 15) is 12.8 Å². The molecule has 3 nitrogen and oxygen atoms in total. The summed E-state index contributed by atoms with van der Waals surface area (Å²) < 4.78 is 40.5. The monoisotopic (exact) mass is 369 g/mol.